The molecule has 2 rings (SSSR count). The Kier molecular flexibility index (Phi) is 5.69. The smallest absolute Gasteiger partial charge is 0.269 e. The van der Waals surface area contributed by atoms with E-state index in [0.29, 0.717) is 30.2 Å². The van der Waals surface area contributed by atoms with Crippen molar-refractivity contribution in [1.82, 2.24) is 4.90 Å². The van der Waals surface area contributed by atoms with Crippen LogP contribution in [0.1, 0.15) is 19.6 Å². The van der Waals surface area contributed by atoms with Gasteiger partial charge < -0.3 is 9.32 Å². The van der Waals surface area contributed by atoms with Crippen LogP contribution in [0.3, 0.4) is 0 Å². The van der Waals surface area contributed by atoms with Crippen molar-refractivity contribution in [2.24, 2.45) is 0 Å². The van der Waals surface area contributed by atoms with E-state index < -0.39 is 4.92 Å². The lowest BCUT2D eigenvalue weighted by atomic mass is 10.1. The van der Waals surface area contributed by atoms with Crippen LogP contribution in [0.25, 0.3) is 17.4 Å². The molecule has 0 atom stereocenters. The number of nitrogens with zero attached hydrogens (tertiary/aromatic N) is 3. The number of amides is 1. The highest BCUT2D eigenvalue weighted by Crippen LogP contribution is 2.25. The number of hydrogen-bond donors (Lipinski definition) is 0. The molecule has 25 heavy (non-hydrogen) atoms. The predicted octanol–water partition coefficient (Wildman–Crippen LogP) is 3.63. The van der Waals surface area contributed by atoms with Crippen molar-refractivity contribution in [2.45, 2.75) is 13.8 Å². The van der Waals surface area contributed by atoms with Crippen LogP contribution < -0.4 is 0 Å². The molecule has 0 radical (unpaired) electrons. The first-order valence-corrected chi connectivity index (χ1v) is 7.75. The van der Waals surface area contributed by atoms with Crippen molar-refractivity contribution in [3.8, 4) is 17.4 Å². The molecule has 128 valence electrons. The Balaban J connectivity index is 2.26. The van der Waals surface area contributed by atoms with E-state index in [1.165, 1.54) is 18.2 Å². The fourth-order valence-electron chi connectivity index (χ4n) is 2.30. The topological polar surface area (TPSA) is 100 Å². The molecule has 0 bridgehead atoms. The van der Waals surface area contributed by atoms with E-state index in [1.807, 2.05) is 19.9 Å². The summed E-state index contributed by atoms with van der Waals surface area (Å²) in [6, 6.07) is 11.2. The van der Waals surface area contributed by atoms with Crippen molar-refractivity contribution in [3.63, 3.8) is 0 Å². The van der Waals surface area contributed by atoms with Gasteiger partial charge in [0, 0.05) is 36.9 Å². The highest BCUT2D eigenvalue weighted by atomic mass is 16.6. The fourth-order valence-corrected chi connectivity index (χ4v) is 2.30. The molecule has 0 saturated heterocycles. The Morgan fingerprint density at radius 3 is 2.40 bits per heavy atom. The summed E-state index contributed by atoms with van der Waals surface area (Å²) in [4.78, 5) is 24.0. The summed E-state index contributed by atoms with van der Waals surface area (Å²) >= 11 is 0. The van der Waals surface area contributed by atoms with Gasteiger partial charge in [-0.15, -0.1) is 0 Å². The molecule has 0 aliphatic rings. The van der Waals surface area contributed by atoms with Gasteiger partial charge in [-0.3, -0.25) is 14.9 Å². The largest absolute Gasteiger partial charge is 0.457 e. The zero-order valence-electron chi connectivity index (χ0n) is 13.9. The third-order valence-electron chi connectivity index (χ3n) is 3.68. The standard InChI is InChI=1S/C18H17N3O4/c1-3-20(4-2)18(22)14(12-19)11-16-9-10-17(25-16)13-5-7-15(8-6-13)21(23)24/h5-11H,3-4H2,1-2H3. The molecule has 0 aliphatic carbocycles. The molecular formula is C18H17N3O4. The van der Waals surface area contributed by atoms with Crippen molar-refractivity contribution in [2.75, 3.05) is 13.1 Å². The van der Waals surface area contributed by atoms with Gasteiger partial charge in [0.25, 0.3) is 11.6 Å². The number of nitro benzene ring substituents is 1. The van der Waals surface area contributed by atoms with E-state index in [-0.39, 0.29) is 17.2 Å². The molecule has 1 aromatic heterocycles. The second kappa shape index (κ2) is 7.93. The highest BCUT2D eigenvalue weighted by Gasteiger charge is 2.16. The van der Waals surface area contributed by atoms with Crippen molar-refractivity contribution < 1.29 is 14.1 Å². The van der Waals surface area contributed by atoms with Gasteiger partial charge in [0.15, 0.2) is 0 Å². The van der Waals surface area contributed by atoms with Crippen molar-refractivity contribution in [1.29, 1.82) is 5.26 Å². The molecule has 0 unspecified atom stereocenters. The van der Waals surface area contributed by atoms with Gasteiger partial charge in [0.2, 0.25) is 0 Å². The number of benzene rings is 1. The minimum atomic E-state index is -0.474. The van der Waals surface area contributed by atoms with Crippen LogP contribution in [0.2, 0.25) is 0 Å². The third kappa shape index (κ3) is 4.12. The first-order valence-electron chi connectivity index (χ1n) is 7.75. The van der Waals surface area contributed by atoms with Crippen LogP contribution in [0.15, 0.2) is 46.4 Å². The number of hydrogen-bond acceptors (Lipinski definition) is 5. The maximum absolute atomic E-state index is 12.2. The van der Waals surface area contributed by atoms with Gasteiger partial charge in [-0.1, -0.05) is 0 Å². The lowest BCUT2D eigenvalue weighted by Crippen LogP contribution is -2.31. The Morgan fingerprint density at radius 2 is 1.88 bits per heavy atom. The molecule has 0 spiro atoms. The monoisotopic (exact) mass is 339 g/mol. The molecule has 7 nitrogen and oxygen atoms in total. The van der Waals surface area contributed by atoms with E-state index in [9.17, 15) is 20.2 Å². The Hall–Kier alpha value is -3.40. The molecule has 0 aliphatic heterocycles. The summed E-state index contributed by atoms with van der Waals surface area (Å²) in [6.45, 7) is 4.72. The number of likely N-dealkylation sites (N-methyl/N-ethyl adjacent to an activating group) is 1. The molecule has 1 amide bonds. The number of carbonyl (C=O) groups excluding carboxylic acids is 1. The Morgan fingerprint density at radius 1 is 1.24 bits per heavy atom. The summed E-state index contributed by atoms with van der Waals surface area (Å²) in [5, 5.41) is 19.9. The van der Waals surface area contributed by atoms with Crippen LogP contribution in [0.5, 0.6) is 0 Å². The van der Waals surface area contributed by atoms with Crippen molar-refractivity contribution >= 4 is 17.7 Å². The minimum absolute atomic E-state index is 0.00620. The predicted molar refractivity (Wildman–Crippen MR) is 92.3 cm³/mol. The molecule has 1 aromatic carbocycles. The first kappa shape index (κ1) is 17.9. The van der Waals surface area contributed by atoms with Crippen LogP contribution in [-0.4, -0.2) is 28.8 Å². The summed E-state index contributed by atoms with van der Waals surface area (Å²) in [5.74, 6) is 0.514. The van der Waals surface area contributed by atoms with Crippen LogP contribution in [0, 0.1) is 21.4 Å². The van der Waals surface area contributed by atoms with Gasteiger partial charge in [-0.05, 0) is 38.1 Å². The SMILES string of the molecule is CCN(CC)C(=O)C(C#N)=Cc1ccc(-c2ccc([N+](=O)[O-])cc2)o1. The number of nitriles is 1. The van der Waals surface area contributed by atoms with Crippen LogP contribution in [0.4, 0.5) is 5.69 Å². The number of furan rings is 1. The van der Waals surface area contributed by atoms with Gasteiger partial charge in [-0.25, -0.2) is 0 Å². The molecule has 2 aromatic rings. The molecule has 0 saturated carbocycles. The second-order valence-corrected chi connectivity index (χ2v) is 5.15. The lowest BCUT2D eigenvalue weighted by Gasteiger charge is -2.17. The zero-order valence-corrected chi connectivity index (χ0v) is 13.9. The van der Waals surface area contributed by atoms with Crippen LogP contribution >= 0.6 is 0 Å². The number of non-ortho nitro benzene ring substituents is 1. The van der Waals surface area contributed by atoms with Gasteiger partial charge in [0.05, 0.1) is 4.92 Å². The third-order valence-corrected chi connectivity index (χ3v) is 3.68. The molecule has 0 N–H and O–H groups in total. The van der Waals surface area contributed by atoms with E-state index >= 15 is 0 Å². The summed E-state index contributed by atoms with van der Waals surface area (Å²) in [7, 11) is 0. The minimum Gasteiger partial charge on any atom is -0.457 e. The maximum atomic E-state index is 12.2. The molecular weight excluding hydrogens is 322 g/mol. The zero-order chi connectivity index (χ0) is 18.4. The summed E-state index contributed by atoms with van der Waals surface area (Å²) < 4.78 is 5.63. The Bertz CT molecular complexity index is 840. The second-order valence-electron chi connectivity index (χ2n) is 5.15. The lowest BCUT2D eigenvalue weighted by molar-refractivity contribution is -0.384. The number of carbonyl (C=O) groups is 1. The van der Waals surface area contributed by atoms with E-state index in [2.05, 4.69) is 0 Å². The molecule has 1 heterocycles. The van der Waals surface area contributed by atoms with Gasteiger partial charge >= 0.3 is 0 Å². The number of nitro groups is 1. The molecule has 0 fully saturated rings. The maximum Gasteiger partial charge on any atom is 0.269 e. The van der Waals surface area contributed by atoms with Gasteiger partial charge in [-0.2, -0.15) is 5.26 Å². The first-order chi connectivity index (χ1) is 12.0. The quantitative estimate of drug-likeness (QED) is 0.346. The highest BCUT2D eigenvalue weighted by molar-refractivity contribution is 6.01. The van der Waals surface area contributed by atoms with Crippen molar-refractivity contribution in [3.05, 3.63) is 57.8 Å². The normalized spacial score (nSPS) is 11.0. The average molecular weight is 339 g/mol. The average Bonchev–Trinajstić information content (AvgIpc) is 3.09. The Labute approximate surface area is 144 Å². The summed E-state index contributed by atoms with van der Waals surface area (Å²) in [5.41, 5.74) is 0.652. The summed E-state index contributed by atoms with van der Waals surface area (Å²) in [6.07, 6.45) is 1.40. The van der Waals surface area contributed by atoms with E-state index in [4.69, 9.17) is 4.42 Å². The van der Waals surface area contributed by atoms with E-state index in [1.54, 1.807) is 29.2 Å². The fraction of sp³-hybridized carbons (Fsp3) is 0.222. The van der Waals surface area contributed by atoms with Crippen LogP contribution in [-0.2, 0) is 4.79 Å². The van der Waals surface area contributed by atoms with E-state index in [0.717, 1.165) is 0 Å². The molecule has 7 heteroatoms. The number of rotatable bonds is 6. The van der Waals surface area contributed by atoms with Gasteiger partial charge in [0.1, 0.15) is 23.2 Å².